The quantitative estimate of drug-likeness (QED) is 0.708. The lowest BCUT2D eigenvalue weighted by Gasteiger charge is -2.13. The first-order chi connectivity index (χ1) is 13.5. The van der Waals surface area contributed by atoms with Gasteiger partial charge in [0.1, 0.15) is 22.7 Å². The number of rotatable bonds is 6. The molecule has 3 rings (SSSR count). The predicted molar refractivity (Wildman–Crippen MR) is 109 cm³/mol. The molecular weight excluding hydrogens is 358 g/mol. The van der Waals surface area contributed by atoms with E-state index in [2.05, 4.69) is 10.3 Å². The van der Waals surface area contributed by atoms with Gasteiger partial charge in [-0.25, -0.2) is 4.98 Å². The van der Waals surface area contributed by atoms with Crippen LogP contribution in [-0.2, 0) is 6.54 Å². The van der Waals surface area contributed by atoms with Crippen molar-refractivity contribution in [3.8, 4) is 11.5 Å². The van der Waals surface area contributed by atoms with Crippen LogP contribution >= 0.6 is 0 Å². The molecule has 0 fully saturated rings. The molecule has 0 spiro atoms. The SMILES string of the molecule is CCCn1cc(C(=O)Nc2cc(OC)cc(OC)c2)c(=O)c2ccc(C)nc21. The van der Waals surface area contributed by atoms with Crippen LogP contribution in [0.4, 0.5) is 5.69 Å². The van der Waals surface area contributed by atoms with Gasteiger partial charge in [0.15, 0.2) is 0 Å². The maximum atomic E-state index is 12.9. The van der Waals surface area contributed by atoms with Crippen molar-refractivity contribution in [3.63, 3.8) is 0 Å². The number of aryl methyl sites for hydroxylation is 2. The number of carbonyl (C=O) groups excluding carboxylic acids is 1. The fourth-order valence-corrected chi connectivity index (χ4v) is 3.01. The average Bonchev–Trinajstić information content (AvgIpc) is 2.69. The molecule has 1 aromatic carbocycles. The molecule has 7 nitrogen and oxygen atoms in total. The summed E-state index contributed by atoms with van der Waals surface area (Å²) in [5.41, 5.74) is 1.60. The van der Waals surface area contributed by atoms with Crippen molar-refractivity contribution in [1.29, 1.82) is 0 Å². The third kappa shape index (κ3) is 3.83. The molecule has 0 bridgehead atoms. The molecule has 28 heavy (non-hydrogen) atoms. The Labute approximate surface area is 162 Å². The summed E-state index contributed by atoms with van der Waals surface area (Å²) in [5.74, 6) is 0.583. The number of ether oxygens (including phenoxy) is 2. The number of hydrogen-bond acceptors (Lipinski definition) is 5. The van der Waals surface area contributed by atoms with Gasteiger partial charge in [-0.3, -0.25) is 9.59 Å². The first-order valence-corrected chi connectivity index (χ1v) is 9.02. The Morgan fingerprint density at radius 3 is 2.43 bits per heavy atom. The number of amides is 1. The normalized spacial score (nSPS) is 10.7. The first-order valence-electron chi connectivity index (χ1n) is 9.02. The maximum Gasteiger partial charge on any atom is 0.261 e. The Bertz CT molecular complexity index is 1070. The molecule has 0 aliphatic carbocycles. The summed E-state index contributed by atoms with van der Waals surface area (Å²) in [6.45, 7) is 4.56. The zero-order chi connectivity index (χ0) is 20.3. The summed E-state index contributed by atoms with van der Waals surface area (Å²) in [6, 6.07) is 8.52. The minimum Gasteiger partial charge on any atom is -0.497 e. The third-order valence-electron chi connectivity index (χ3n) is 4.38. The minimum atomic E-state index is -0.493. The van der Waals surface area contributed by atoms with Gasteiger partial charge in [-0.05, 0) is 25.5 Å². The van der Waals surface area contributed by atoms with E-state index in [1.54, 1.807) is 36.5 Å². The van der Waals surface area contributed by atoms with Crippen molar-refractivity contribution < 1.29 is 14.3 Å². The molecule has 1 N–H and O–H groups in total. The number of pyridine rings is 2. The van der Waals surface area contributed by atoms with Gasteiger partial charge in [0.2, 0.25) is 5.43 Å². The molecule has 0 unspecified atom stereocenters. The third-order valence-corrected chi connectivity index (χ3v) is 4.38. The fourth-order valence-electron chi connectivity index (χ4n) is 3.01. The molecule has 0 atom stereocenters. The number of aromatic nitrogens is 2. The molecular formula is C21H23N3O4. The van der Waals surface area contributed by atoms with Crippen molar-refractivity contribution in [2.75, 3.05) is 19.5 Å². The summed E-state index contributed by atoms with van der Waals surface area (Å²) in [6.07, 6.45) is 2.43. The van der Waals surface area contributed by atoms with Crippen LogP contribution < -0.4 is 20.2 Å². The topological polar surface area (TPSA) is 82.5 Å². The molecule has 146 valence electrons. The van der Waals surface area contributed by atoms with Crippen LogP contribution in [-0.4, -0.2) is 29.7 Å². The van der Waals surface area contributed by atoms with Gasteiger partial charge in [0.05, 0.1) is 19.6 Å². The molecule has 3 aromatic rings. The number of nitrogens with one attached hydrogen (secondary N) is 1. The second-order valence-electron chi connectivity index (χ2n) is 6.44. The van der Waals surface area contributed by atoms with Crippen molar-refractivity contribution in [3.05, 3.63) is 58.0 Å². The Kier molecular flexibility index (Phi) is 5.63. The van der Waals surface area contributed by atoms with Crippen LogP contribution in [0.25, 0.3) is 11.0 Å². The zero-order valence-corrected chi connectivity index (χ0v) is 16.4. The first kappa shape index (κ1) is 19.4. The van der Waals surface area contributed by atoms with Crippen LogP contribution in [0.1, 0.15) is 29.4 Å². The Balaban J connectivity index is 2.06. The Morgan fingerprint density at radius 2 is 1.82 bits per heavy atom. The summed E-state index contributed by atoms with van der Waals surface area (Å²) >= 11 is 0. The summed E-state index contributed by atoms with van der Waals surface area (Å²) < 4.78 is 12.3. The van der Waals surface area contributed by atoms with Gasteiger partial charge in [0, 0.05) is 42.3 Å². The van der Waals surface area contributed by atoms with E-state index in [9.17, 15) is 9.59 Å². The van der Waals surface area contributed by atoms with Crippen molar-refractivity contribution in [1.82, 2.24) is 9.55 Å². The van der Waals surface area contributed by atoms with Crippen LogP contribution in [0.5, 0.6) is 11.5 Å². The molecule has 0 radical (unpaired) electrons. The lowest BCUT2D eigenvalue weighted by molar-refractivity contribution is 0.102. The highest BCUT2D eigenvalue weighted by Gasteiger charge is 2.17. The summed E-state index contributed by atoms with van der Waals surface area (Å²) in [7, 11) is 3.06. The van der Waals surface area contributed by atoms with Crippen LogP contribution in [0.15, 0.2) is 41.3 Å². The van der Waals surface area contributed by atoms with Crippen molar-refractivity contribution in [2.24, 2.45) is 0 Å². The Hall–Kier alpha value is -3.35. The molecule has 0 saturated heterocycles. The smallest absolute Gasteiger partial charge is 0.261 e. The maximum absolute atomic E-state index is 12.9. The molecule has 7 heteroatoms. The standard InChI is InChI=1S/C21H23N3O4/c1-5-8-24-12-18(19(25)17-7-6-13(2)22-20(17)24)21(26)23-14-9-15(27-3)11-16(10-14)28-4/h6-7,9-12H,5,8H2,1-4H3,(H,23,26). The molecule has 0 saturated carbocycles. The minimum absolute atomic E-state index is 0.0633. The van der Waals surface area contributed by atoms with E-state index >= 15 is 0 Å². The number of fused-ring (bicyclic) bond motifs is 1. The van der Waals surface area contributed by atoms with Crippen molar-refractivity contribution in [2.45, 2.75) is 26.8 Å². The van der Waals surface area contributed by atoms with Gasteiger partial charge >= 0.3 is 0 Å². The monoisotopic (exact) mass is 381 g/mol. The predicted octanol–water partition coefficient (Wildman–Crippen LogP) is 3.38. The fraction of sp³-hybridized carbons (Fsp3) is 0.286. The van der Waals surface area contributed by atoms with E-state index in [0.717, 1.165) is 12.1 Å². The lowest BCUT2D eigenvalue weighted by Crippen LogP contribution is -2.24. The highest BCUT2D eigenvalue weighted by molar-refractivity contribution is 6.05. The molecule has 2 heterocycles. The van der Waals surface area contributed by atoms with Gasteiger partial charge in [-0.15, -0.1) is 0 Å². The highest BCUT2D eigenvalue weighted by Crippen LogP contribution is 2.26. The average molecular weight is 381 g/mol. The number of methoxy groups -OCH3 is 2. The molecule has 1 amide bonds. The summed E-state index contributed by atoms with van der Waals surface area (Å²) in [5, 5.41) is 3.19. The van der Waals surface area contributed by atoms with Gasteiger partial charge in [-0.2, -0.15) is 0 Å². The van der Waals surface area contributed by atoms with E-state index < -0.39 is 5.91 Å². The van der Waals surface area contributed by atoms with Crippen molar-refractivity contribution >= 4 is 22.6 Å². The van der Waals surface area contributed by atoms with Gasteiger partial charge < -0.3 is 19.4 Å². The number of hydrogen-bond donors (Lipinski definition) is 1. The largest absolute Gasteiger partial charge is 0.497 e. The lowest BCUT2D eigenvalue weighted by atomic mass is 10.1. The second-order valence-corrected chi connectivity index (χ2v) is 6.44. The van der Waals surface area contributed by atoms with Gasteiger partial charge in [0.25, 0.3) is 5.91 Å². The van der Waals surface area contributed by atoms with E-state index in [0.29, 0.717) is 34.8 Å². The van der Waals surface area contributed by atoms with E-state index in [-0.39, 0.29) is 11.0 Å². The van der Waals surface area contributed by atoms with Gasteiger partial charge in [-0.1, -0.05) is 6.92 Å². The van der Waals surface area contributed by atoms with E-state index in [4.69, 9.17) is 9.47 Å². The Morgan fingerprint density at radius 1 is 1.14 bits per heavy atom. The van der Waals surface area contributed by atoms with E-state index in [1.807, 2.05) is 18.4 Å². The molecule has 0 aliphatic heterocycles. The number of benzene rings is 1. The summed E-state index contributed by atoms with van der Waals surface area (Å²) in [4.78, 5) is 30.3. The van der Waals surface area contributed by atoms with Crippen LogP contribution in [0, 0.1) is 6.92 Å². The van der Waals surface area contributed by atoms with E-state index in [1.165, 1.54) is 14.2 Å². The number of nitrogens with zero attached hydrogens (tertiary/aromatic N) is 2. The molecule has 2 aromatic heterocycles. The van der Waals surface area contributed by atoms with Crippen LogP contribution in [0.2, 0.25) is 0 Å². The second kappa shape index (κ2) is 8.12. The highest BCUT2D eigenvalue weighted by atomic mass is 16.5. The molecule has 0 aliphatic rings. The number of carbonyl (C=O) groups is 1. The van der Waals surface area contributed by atoms with Crippen LogP contribution in [0.3, 0.4) is 0 Å². The number of anilines is 1. The zero-order valence-electron chi connectivity index (χ0n) is 16.4.